The summed E-state index contributed by atoms with van der Waals surface area (Å²) >= 11 is 1.09. The lowest BCUT2D eigenvalue weighted by Crippen LogP contribution is -2.24. The van der Waals surface area contributed by atoms with Crippen LogP contribution in [0.3, 0.4) is 0 Å². The molecule has 0 atom stereocenters. The molecule has 6 heteroatoms. The summed E-state index contributed by atoms with van der Waals surface area (Å²) in [6, 6.07) is 16.9. The van der Waals surface area contributed by atoms with Crippen molar-refractivity contribution in [2.75, 3.05) is 0 Å². The van der Waals surface area contributed by atoms with Gasteiger partial charge >= 0.3 is 5.63 Å². The zero-order chi connectivity index (χ0) is 21.2. The van der Waals surface area contributed by atoms with Crippen molar-refractivity contribution in [3.63, 3.8) is 0 Å². The van der Waals surface area contributed by atoms with Crippen LogP contribution in [0.4, 0.5) is 0 Å². The maximum Gasteiger partial charge on any atom is 0.354 e. The van der Waals surface area contributed by atoms with E-state index in [2.05, 4.69) is 0 Å². The molecule has 0 aliphatic carbocycles. The minimum atomic E-state index is -0.664. The zero-order valence-corrected chi connectivity index (χ0v) is 17.5. The molecule has 5 nitrogen and oxygen atoms in total. The van der Waals surface area contributed by atoms with Gasteiger partial charge in [-0.2, -0.15) is 0 Å². The normalized spacial score (nSPS) is 14.0. The summed E-state index contributed by atoms with van der Waals surface area (Å²) in [6.07, 6.45) is 0. The number of rotatable bonds is 2. The minimum Gasteiger partial charge on any atom is -0.505 e. The number of para-hydroxylation sites is 1. The van der Waals surface area contributed by atoms with Crippen molar-refractivity contribution in [3.8, 4) is 11.4 Å². The summed E-state index contributed by atoms with van der Waals surface area (Å²) in [5.41, 5.74) is 2.20. The lowest BCUT2D eigenvalue weighted by Gasteiger charge is -2.20. The van der Waals surface area contributed by atoms with Gasteiger partial charge in [0, 0.05) is 22.1 Å². The molecule has 0 bridgehead atoms. The molecule has 0 saturated carbocycles. The van der Waals surface area contributed by atoms with Gasteiger partial charge in [0.05, 0.1) is 5.69 Å². The molecule has 150 valence electrons. The first-order chi connectivity index (χ1) is 14.3. The maximum atomic E-state index is 13.5. The van der Waals surface area contributed by atoms with Crippen molar-refractivity contribution in [2.24, 2.45) is 0 Å². The molecule has 1 aliphatic heterocycles. The lowest BCUT2D eigenvalue weighted by atomic mass is 9.83. The molecule has 3 heterocycles. The Hall–Kier alpha value is -3.25. The number of hydrogen-bond acceptors (Lipinski definition) is 5. The molecule has 1 aliphatic rings. The van der Waals surface area contributed by atoms with E-state index in [1.165, 1.54) is 0 Å². The monoisotopic (exact) mass is 417 g/mol. The van der Waals surface area contributed by atoms with Gasteiger partial charge in [0.1, 0.15) is 15.9 Å². The number of benzene rings is 2. The van der Waals surface area contributed by atoms with Crippen molar-refractivity contribution in [2.45, 2.75) is 36.0 Å². The number of aromatic hydroxyl groups is 1. The van der Waals surface area contributed by atoms with E-state index in [1.54, 1.807) is 10.6 Å². The van der Waals surface area contributed by atoms with Crippen LogP contribution in [0.2, 0.25) is 0 Å². The molecule has 1 N–H and O–H groups in total. The van der Waals surface area contributed by atoms with Crippen LogP contribution in [0.25, 0.3) is 16.7 Å². The molecular weight excluding hydrogens is 398 g/mol. The van der Waals surface area contributed by atoms with Crippen LogP contribution in [-0.2, 0) is 5.41 Å². The second kappa shape index (κ2) is 6.37. The van der Waals surface area contributed by atoms with E-state index in [0.717, 1.165) is 39.2 Å². The predicted molar refractivity (Wildman–Crippen MR) is 117 cm³/mol. The van der Waals surface area contributed by atoms with Crippen LogP contribution in [-0.4, -0.2) is 9.67 Å². The fraction of sp³-hybridized carbons (Fsp3) is 0.167. The van der Waals surface area contributed by atoms with Crippen molar-refractivity contribution >= 4 is 22.7 Å². The molecule has 4 aromatic rings. The fourth-order valence-corrected chi connectivity index (χ4v) is 4.92. The van der Waals surface area contributed by atoms with Crippen LogP contribution in [0.1, 0.15) is 30.7 Å². The van der Waals surface area contributed by atoms with E-state index in [1.807, 2.05) is 69.3 Å². The Labute approximate surface area is 176 Å². The number of aromatic nitrogens is 1. The maximum absolute atomic E-state index is 13.5. The first kappa shape index (κ1) is 18.8. The van der Waals surface area contributed by atoms with Crippen LogP contribution < -0.4 is 11.2 Å². The number of aryl methyl sites for hydroxylation is 1. The Morgan fingerprint density at radius 1 is 1.03 bits per heavy atom. The highest BCUT2D eigenvalue weighted by atomic mass is 32.2. The smallest absolute Gasteiger partial charge is 0.354 e. The first-order valence-corrected chi connectivity index (χ1v) is 10.4. The standard InChI is InChI=1S/C24H19NO4S/c1-13-8-10-14(11-9-13)30-21-20(26)19-17(29-23(21)28)12-18-24(2,3)15-6-4-5-7-16(15)25(18)22(19)27/h4-12,26H,1-3H3. The average molecular weight is 417 g/mol. The van der Waals surface area contributed by atoms with Gasteiger partial charge in [-0.05, 0) is 30.7 Å². The average Bonchev–Trinajstić information content (AvgIpc) is 2.94. The molecule has 0 amide bonds. The Kier molecular flexibility index (Phi) is 3.98. The summed E-state index contributed by atoms with van der Waals surface area (Å²) in [5.74, 6) is -0.339. The van der Waals surface area contributed by atoms with Gasteiger partial charge in [-0.3, -0.25) is 9.36 Å². The Morgan fingerprint density at radius 3 is 2.47 bits per heavy atom. The van der Waals surface area contributed by atoms with Gasteiger partial charge in [0.2, 0.25) is 0 Å². The highest BCUT2D eigenvalue weighted by Gasteiger charge is 2.37. The number of nitrogens with zero attached hydrogens (tertiary/aromatic N) is 1. The first-order valence-electron chi connectivity index (χ1n) is 9.60. The van der Waals surface area contributed by atoms with Crippen LogP contribution in [0.15, 0.2) is 78.4 Å². The number of fused-ring (bicyclic) bond motifs is 4. The quantitative estimate of drug-likeness (QED) is 0.510. The third kappa shape index (κ3) is 2.57. The minimum absolute atomic E-state index is 0.00884. The summed E-state index contributed by atoms with van der Waals surface area (Å²) in [4.78, 5) is 26.9. The lowest BCUT2D eigenvalue weighted by molar-refractivity contribution is 0.445. The second-order valence-corrected chi connectivity index (χ2v) is 9.12. The second-order valence-electron chi connectivity index (χ2n) is 8.03. The predicted octanol–water partition coefficient (Wildman–Crippen LogP) is 4.75. The third-order valence-corrected chi connectivity index (χ3v) is 6.78. The number of pyridine rings is 1. The molecule has 0 radical (unpaired) electrons. The fourth-order valence-electron chi connectivity index (χ4n) is 4.09. The van der Waals surface area contributed by atoms with Crippen molar-refractivity contribution in [3.05, 3.63) is 92.2 Å². The van der Waals surface area contributed by atoms with E-state index in [4.69, 9.17) is 4.42 Å². The third-order valence-electron chi connectivity index (χ3n) is 5.71. The van der Waals surface area contributed by atoms with E-state index >= 15 is 0 Å². The molecule has 2 aromatic carbocycles. The Balaban J connectivity index is 1.79. The molecule has 30 heavy (non-hydrogen) atoms. The molecule has 5 rings (SSSR count). The van der Waals surface area contributed by atoms with Crippen molar-refractivity contribution < 1.29 is 9.52 Å². The van der Waals surface area contributed by atoms with Gasteiger partial charge in [-0.1, -0.05) is 61.5 Å². The summed E-state index contributed by atoms with van der Waals surface area (Å²) in [7, 11) is 0. The molecule has 0 fully saturated rings. The summed E-state index contributed by atoms with van der Waals surface area (Å²) in [6.45, 7) is 6.02. The topological polar surface area (TPSA) is 72.4 Å². The van der Waals surface area contributed by atoms with E-state index in [9.17, 15) is 14.7 Å². The number of hydrogen-bond donors (Lipinski definition) is 1. The van der Waals surface area contributed by atoms with Gasteiger partial charge in [-0.25, -0.2) is 4.79 Å². The van der Waals surface area contributed by atoms with Gasteiger partial charge in [-0.15, -0.1) is 0 Å². The Morgan fingerprint density at radius 2 is 1.73 bits per heavy atom. The molecule has 0 spiro atoms. The van der Waals surface area contributed by atoms with E-state index < -0.39 is 16.6 Å². The molecular formula is C24H19NO4S. The van der Waals surface area contributed by atoms with Crippen LogP contribution in [0, 0.1) is 6.92 Å². The highest BCUT2D eigenvalue weighted by molar-refractivity contribution is 7.99. The summed E-state index contributed by atoms with van der Waals surface area (Å²) in [5, 5.41) is 11.0. The molecule has 0 saturated heterocycles. The van der Waals surface area contributed by atoms with E-state index in [-0.39, 0.29) is 21.6 Å². The van der Waals surface area contributed by atoms with E-state index in [0.29, 0.717) is 0 Å². The van der Waals surface area contributed by atoms with Gasteiger partial charge < -0.3 is 9.52 Å². The molecule has 2 aromatic heterocycles. The van der Waals surface area contributed by atoms with Crippen LogP contribution >= 0.6 is 11.8 Å². The van der Waals surface area contributed by atoms with Crippen molar-refractivity contribution in [1.82, 2.24) is 4.57 Å². The van der Waals surface area contributed by atoms with Gasteiger partial charge in [0.15, 0.2) is 5.75 Å². The van der Waals surface area contributed by atoms with Gasteiger partial charge in [0.25, 0.3) is 5.56 Å². The molecule has 0 unspecified atom stereocenters. The largest absolute Gasteiger partial charge is 0.505 e. The highest BCUT2D eigenvalue weighted by Crippen LogP contribution is 2.43. The zero-order valence-electron chi connectivity index (χ0n) is 16.7. The SMILES string of the molecule is Cc1ccc(Sc2c(O)c3c(=O)n4c(cc3oc2=O)C(C)(C)c2ccccc2-4)cc1. The Bertz CT molecular complexity index is 1450. The van der Waals surface area contributed by atoms with Crippen LogP contribution in [0.5, 0.6) is 5.75 Å². The summed E-state index contributed by atoms with van der Waals surface area (Å²) < 4.78 is 7.13. The van der Waals surface area contributed by atoms with Crippen molar-refractivity contribution in [1.29, 1.82) is 0 Å².